The first-order valence-corrected chi connectivity index (χ1v) is 7.26. The van der Waals surface area contributed by atoms with E-state index in [1.807, 2.05) is 20.8 Å². The molecule has 0 aromatic carbocycles. The molecular formula is C13H22N6O2. The molecule has 2 heterocycles. The van der Waals surface area contributed by atoms with Crippen LogP contribution in [0.1, 0.15) is 45.9 Å². The standard InChI is InChI=1S/C13H22N6O2/c1-5-13(6-2)12(21)19(9(3)7-11(20)14-13)8-10-15-17-18(4)16-10/h9H,5-8H2,1-4H3,(H,14,20). The van der Waals surface area contributed by atoms with Gasteiger partial charge in [0.1, 0.15) is 5.54 Å². The van der Waals surface area contributed by atoms with Gasteiger partial charge in [-0.25, -0.2) is 0 Å². The Morgan fingerprint density at radius 2 is 2.00 bits per heavy atom. The zero-order valence-electron chi connectivity index (χ0n) is 13.0. The fourth-order valence-electron chi connectivity index (χ4n) is 2.72. The third kappa shape index (κ3) is 2.88. The Labute approximate surface area is 123 Å². The lowest BCUT2D eigenvalue weighted by Crippen LogP contribution is -2.57. The number of tetrazole rings is 1. The van der Waals surface area contributed by atoms with Gasteiger partial charge in [0.15, 0.2) is 5.82 Å². The Balaban J connectivity index is 2.32. The van der Waals surface area contributed by atoms with E-state index in [-0.39, 0.29) is 30.8 Å². The first-order chi connectivity index (χ1) is 9.91. The molecule has 21 heavy (non-hydrogen) atoms. The maximum absolute atomic E-state index is 12.9. The van der Waals surface area contributed by atoms with Gasteiger partial charge in [0.05, 0.1) is 13.6 Å². The molecule has 1 aliphatic heterocycles. The number of hydrogen-bond donors (Lipinski definition) is 1. The summed E-state index contributed by atoms with van der Waals surface area (Å²) in [5.74, 6) is 0.320. The van der Waals surface area contributed by atoms with Gasteiger partial charge in [-0.05, 0) is 25.0 Å². The van der Waals surface area contributed by atoms with Gasteiger partial charge in [-0.3, -0.25) is 9.59 Å². The molecule has 2 amide bonds. The smallest absolute Gasteiger partial charge is 0.248 e. The van der Waals surface area contributed by atoms with Crippen molar-refractivity contribution in [1.82, 2.24) is 30.4 Å². The van der Waals surface area contributed by atoms with Gasteiger partial charge in [-0.15, -0.1) is 10.2 Å². The second-order valence-electron chi connectivity index (χ2n) is 5.52. The molecule has 1 N–H and O–H groups in total. The van der Waals surface area contributed by atoms with Crippen molar-refractivity contribution >= 4 is 11.8 Å². The Kier molecular flexibility index (Phi) is 4.24. The Bertz CT molecular complexity index is 537. The number of nitrogens with zero attached hydrogens (tertiary/aromatic N) is 5. The zero-order valence-corrected chi connectivity index (χ0v) is 13.0. The molecule has 1 unspecified atom stereocenters. The summed E-state index contributed by atoms with van der Waals surface area (Å²) < 4.78 is 0. The fourth-order valence-corrected chi connectivity index (χ4v) is 2.72. The molecule has 0 bridgehead atoms. The molecule has 0 saturated carbocycles. The lowest BCUT2D eigenvalue weighted by molar-refractivity contribution is -0.141. The molecule has 0 aliphatic carbocycles. The van der Waals surface area contributed by atoms with Crippen molar-refractivity contribution in [3.05, 3.63) is 5.82 Å². The average molecular weight is 294 g/mol. The van der Waals surface area contributed by atoms with E-state index in [1.54, 1.807) is 11.9 Å². The minimum Gasteiger partial charge on any atom is -0.342 e. The molecule has 1 fully saturated rings. The van der Waals surface area contributed by atoms with Crippen molar-refractivity contribution in [3.8, 4) is 0 Å². The van der Waals surface area contributed by atoms with Crippen LogP contribution in [0.25, 0.3) is 0 Å². The third-order valence-corrected chi connectivity index (χ3v) is 4.13. The fraction of sp³-hybridized carbons (Fsp3) is 0.769. The highest BCUT2D eigenvalue weighted by atomic mass is 16.2. The molecule has 8 nitrogen and oxygen atoms in total. The third-order valence-electron chi connectivity index (χ3n) is 4.13. The van der Waals surface area contributed by atoms with Crippen molar-refractivity contribution < 1.29 is 9.59 Å². The van der Waals surface area contributed by atoms with Crippen LogP contribution in [0, 0.1) is 0 Å². The van der Waals surface area contributed by atoms with Crippen molar-refractivity contribution in [2.45, 2.75) is 58.2 Å². The van der Waals surface area contributed by atoms with Crippen molar-refractivity contribution in [3.63, 3.8) is 0 Å². The summed E-state index contributed by atoms with van der Waals surface area (Å²) in [7, 11) is 1.68. The van der Waals surface area contributed by atoms with Gasteiger partial charge in [0.25, 0.3) is 0 Å². The van der Waals surface area contributed by atoms with Gasteiger partial charge in [-0.2, -0.15) is 4.80 Å². The predicted octanol–water partition coefficient (Wildman–Crippen LogP) is 0.00590. The Morgan fingerprint density at radius 3 is 2.52 bits per heavy atom. The summed E-state index contributed by atoms with van der Waals surface area (Å²) in [5, 5.41) is 14.7. The van der Waals surface area contributed by atoms with E-state index < -0.39 is 5.54 Å². The van der Waals surface area contributed by atoms with Crippen LogP contribution in [0.3, 0.4) is 0 Å². The summed E-state index contributed by atoms with van der Waals surface area (Å²) in [6.07, 6.45) is 1.41. The van der Waals surface area contributed by atoms with Gasteiger partial charge in [-0.1, -0.05) is 13.8 Å². The largest absolute Gasteiger partial charge is 0.342 e. The van der Waals surface area contributed by atoms with Crippen LogP contribution in [0.15, 0.2) is 0 Å². The molecule has 1 aliphatic rings. The number of nitrogens with one attached hydrogen (secondary N) is 1. The summed E-state index contributed by atoms with van der Waals surface area (Å²) >= 11 is 0. The monoisotopic (exact) mass is 294 g/mol. The zero-order chi connectivity index (χ0) is 15.6. The van der Waals surface area contributed by atoms with Crippen LogP contribution in [0.2, 0.25) is 0 Å². The van der Waals surface area contributed by atoms with Gasteiger partial charge in [0, 0.05) is 12.5 Å². The van der Waals surface area contributed by atoms with E-state index in [4.69, 9.17) is 0 Å². The van der Waals surface area contributed by atoms with E-state index in [9.17, 15) is 9.59 Å². The van der Waals surface area contributed by atoms with Gasteiger partial charge >= 0.3 is 0 Å². The minimum absolute atomic E-state index is 0.0710. The Hall–Kier alpha value is -1.99. The van der Waals surface area contributed by atoms with E-state index in [0.717, 1.165) is 0 Å². The van der Waals surface area contributed by atoms with Crippen LogP contribution < -0.4 is 5.32 Å². The molecule has 1 saturated heterocycles. The molecule has 0 spiro atoms. The molecule has 1 atom stereocenters. The maximum Gasteiger partial charge on any atom is 0.248 e. The number of aryl methyl sites for hydroxylation is 1. The van der Waals surface area contributed by atoms with Crippen molar-refractivity contribution in [2.24, 2.45) is 7.05 Å². The number of carbonyl (C=O) groups is 2. The number of rotatable bonds is 4. The first kappa shape index (κ1) is 15.4. The van der Waals surface area contributed by atoms with Crippen molar-refractivity contribution in [2.75, 3.05) is 0 Å². The number of amides is 2. The topological polar surface area (TPSA) is 93.0 Å². The molecule has 1 aromatic rings. The number of hydrogen-bond acceptors (Lipinski definition) is 5. The van der Waals surface area contributed by atoms with Crippen LogP contribution in [0.5, 0.6) is 0 Å². The second-order valence-corrected chi connectivity index (χ2v) is 5.52. The normalized spacial score (nSPS) is 22.1. The van der Waals surface area contributed by atoms with E-state index in [0.29, 0.717) is 18.7 Å². The average Bonchev–Trinajstić information content (AvgIpc) is 2.83. The highest BCUT2D eigenvalue weighted by molar-refractivity contribution is 5.93. The lowest BCUT2D eigenvalue weighted by Gasteiger charge is -2.35. The highest BCUT2D eigenvalue weighted by Gasteiger charge is 2.44. The summed E-state index contributed by atoms with van der Waals surface area (Å²) in [6, 6.07) is -0.193. The molecule has 8 heteroatoms. The first-order valence-electron chi connectivity index (χ1n) is 7.26. The van der Waals surface area contributed by atoms with Crippen LogP contribution in [-0.2, 0) is 23.2 Å². The van der Waals surface area contributed by atoms with Crippen LogP contribution >= 0.6 is 0 Å². The molecular weight excluding hydrogens is 272 g/mol. The lowest BCUT2D eigenvalue weighted by atomic mass is 9.91. The van der Waals surface area contributed by atoms with Crippen LogP contribution in [-0.4, -0.2) is 48.5 Å². The van der Waals surface area contributed by atoms with Gasteiger partial charge in [0.2, 0.25) is 11.8 Å². The summed E-state index contributed by atoms with van der Waals surface area (Å²) in [6.45, 7) is 5.96. The van der Waals surface area contributed by atoms with E-state index in [1.165, 1.54) is 4.80 Å². The van der Waals surface area contributed by atoms with Gasteiger partial charge < -0.3 is 10.2 Å². The number of aromatic nitrogens is 4. The highest BCUT2D eigenvalue weighted by Crippen LogP contribution is 2.25. The summed E-state index contributed by atoms with van der Waals surface area (Å²) in [4.78, 5) is 28.0. The Morgan fingerprint density at radius 1 is 1.33 bits per heavy atom. The number of carbonyl (C=O) groups excluding carboxylic acids is 2. The molecule has 1 aromatic heterocycles. The summed E-state index contributed by atoms with van der Waals surface area (Å²) in [5.41, 5.74) is -0.829. The SMILES string of the molecule is CCC1(CC)NC(=O)CC(C)N(Cc2nnn(C)n2)C1=O. The predicted molar refractivity (Wildman–Crippen MR) is 74.9 cm³/mol. The van der Waals surface area contributed by atoms with Crippen LogP contribution in [0.4, 0.5) is 0 Å². The molecule has 116 valence electrons. The van der Waals surface area contributed by atoms with Crippen molar-refractivity contribution in [1.29, 1.82) is 0 Å². The van der Waals surface area contributed by atoms with E-state index in [2.05, 4.69) is 20.7 Å². The quantitative estimate of drug-likeness (QED) is 0.844. The molecule has 0 radical (unpaired) electrons. The maximum atomic E-state index is 12.9. The minimum atomic E-state index is -0.829. The second kappa shape index (κ2) is 5.79. The van der Waals surface area contributed by atoms with E-state index >= 15 is 0 Å². The molecule has 2 rings (SSSR count).